The van der Waals surface area contributed by atoms with Crippen molar-refractivity contribution in [2.75, 3.05) is 60.0 Å². The molecule has 0 saturated heterocycles. The van der Waals surface area contributed by atoms with Crippen LogP contribution in [-0.2, 0) is 8.85 Å². The molecule has 0 aromatic carbocycles. The van der Waals surface area contributed by atoms with Gasteiger partial charge in [0.25, 0.3) is 0 Å². The van der Waals surface area contributed by atoms with Gasteiger partial charge in [-0.2, -0.15) is 0 Å². The summed E-state index contributed by atoms with van der Waals surface area (Å²) in [4.78, 5) is 9.86. The van der Waals surface area contributed by atoms with Gasteiger partial charge in [0.05, 0.1) is 0 Å². The zero-order valence-electron chi connectivity index (χ0n) is 14.3. The minimum absolute atomic E-state index is 0.596. The van der Waals surface area contributed by atoms with Crippen LogP contribution in [0.4, 0.5) is 0 Å². The van der Waals surface area contributed by atoms with Crippen LogP contribution < -0.4 is 21.7 Å². The Kier molecular flexibility index (Phi) is 15.8. The van der Waals surface area contributed by atoms with Crippen LogP contribution in [0.5, 0.6) is 0 Å². The summed E-state index contributed by atoms with van der Waals surface area (Å²) in [6.07, 6.45) is 4.53. The average Bonchev–Trinajstić information content (AvgIpc) is 2.55. The van der Waals surface area contributed by atoms with E-state index in [1.165, 1.54) is 33.5 Å². The summed E-state index contributed by atoms with van der Waals surface area (Å²) in [5.74, 6) is 0. The summed E-state index contributed by atoms with van der Waals surface area (Å²) in [6.45, 7) is 6.55. The van der Waals surface area contributed by atoms with E-state index in [1.54, 1.807) is 0 Å². The van der Waals surface area contributed by atoms with E-state index in [1.807, 2.05) is 0 Å². The first-order valence-electron chi connectivity index (χ1n) is 8.33. The van der Waals surface area contributed by atoms with E-state index in [9.17, 15) is 4.80 Å². The normalized spacial score (nSPS) is 12.0. The minimum Gasteiger partial charge on any atom is -0.390 e. The van der Waals surface area contributed by atoms with Crippen LogP contribution in [0.25, 0.3) is 0 Å². The largest absolute Gasteiger partial charge is 0.497 e. The van der Waals surface area contributed by atoms with Crippen molar-refractivity contribution in [3.05, 3.63) is 0 Å². The van der Waals surface area contributed by atoms with Crippen molar-refractivity contribution < 1.29 is 13.6 Å². The van der Waals surface area contributed by atoms with Gasteiger partial charge in [-0.1, -0.05) is 6.42 Å². The summed E-state index contributed by atoms with van der Waals surface area (Å²) < 4.78 is 10.0. The number of unbranched alkanes of at least 4 members (excludes halogenated alkanes) is 2. The first-order chi connectivity index (χ1) is 10.7. The van der Waals surface area contributed by atoms with E-state index in [0.29, 0.717) is 12.6 Å². The third-order valence-electron chi connectivity index (χ3n) is 3.49. The van der Waals surface area contributed by atoms with Gasteiger partial charge in [0, 0.05) is 46.4 Å². The van der Waals surface area contributed by atoms with Gasteiger partial charge in [-0.25, -0.2) is 0 Å². The average molecular weight is 337 g/mol. The fourth-order valence-electron chi connectivity index (χ4n) is 2.05. The Morgan fingerprint density at radius 2 is 1.27 bits per heavy atom. The molecule has 0 unspecified atom stereocenters. The van der Waals surface area contributed by atoms with E-state index in [0.717, 1.165) is 45.7 Å². The number of hydrogen-bond acceptors (Lipinski definition) is 7. The summed E-state index contributed by atoms with van der Waals surface area (Å²) in [5.41, 5.74) is 5.40. The van der Waals surface area contributed by atoms with Crippen LogP contribution in [0, 0.1) is 0 Å². The molecule has 0 fully saturated rings. The molecule has 0 heterocycles. The second kappa shape index (κ2) is 15.8. The zero-order valence-corrected chi connectivity index (χ0v) is 15.3. The van der Waals surface area contributed by atoms with Gasteiger partial charge in [0.1, 0.15) is 0 Å². The molecule has 0 bridgehead atoms. The van der Waals surface area contributed by atoms with Gasteiger partial charge < -0.3 is 35.3 Å². The third-order valence-corrected chi connectivity index (χ3v) is 5.75. The Bertz CT molecular complexity index is 234. The fraction of sp³-hybridized carbons (Fsp3) is 1.00. The lowest BCUT2D eigenvalue weighted by Gasteiger charge is -2.19. The Hall–Kier alpha value is -0.0631. The van der Waals surface area contributed by atoms with Gasteiger partial charge in [-0.3, -0.25) is 0 Å². The second-order valence-corrected chi connectivity index (χ2v) is 8.07. The molecule has 0 saturated carbocycles. The Morgan fingerprint density at radius 1 is 0.773 bits per heavy atom. The number of nitrogens with one attached hydrogen (secondary N) is 3. The van der Waals surface area contributed by atoms with E-state index in [4.69, 9.17) is 14.6 Å². The SMILES string of the molecule is CO[Si](O)(CCCNCCNCCCCCNCCN)OC. The third kappa shape index (κ3) is 13.6. The highest BCUT2D eigenvalue weighted by atomic mass is 28.4. The van der Waals surface area contributed by atoms with Gasteiger partial charge in [-0.05, 0) is 38.9 Å². The van der Waals surface area contributed by atoms with Gasteiger partial charge in [0.15, 0.2) is 0 Å². The molecule has 0 spiro atoms. The first kappa shape index (κ1) is 21.9. The lowest BCUT2D eigenvalue weighted by atomic mass is 10.2. The van der Waals surface area contributed by atoms with Crippen molar-refractivity contribution >= 4 is 8.80 Å². The molecule has 0 rings (SSSR count). The molecule has 0 aromatic rings. The predicted octanol–water partition coefficient (Wildman–Crippen LogP) is -0.502. The summed E-state index contributed by atoms with van der Waals surface area (Å²) in [6, 6.07) is 0.596. The van der Waals surface area contributed by atoms with Crippen LogP contribution in [0.1, 0.15) is 25.7 Å². The first-order valence-corrected chi connectivity index (χ1v) is 10.3. The minimum atomic E-state index is -2.87. The van der Waals surface area contributed by atoms with Crippen LogP contribution in [0.2, 0.25) is 6.04 Å². The number of rotatable bonds is 17. The topological polar surface area (TPSA) is 101 Å². The van der Waals surface area contributed by atoms with Crippen molar-refractivity contribution in [1.29, 1.82) is 0 Å². The molecule has 134 valence electrons. The molecule has 0 amide bonds. The maximum absolute atomic E-state index is 9.86. The number of nitrogens with two attached hydrogens (primary N) is 1. The molecule has 0 atom stereocenters. The van der Waals surface area contributed by atoms with Crippen LogP contribution in [-0.4, -0.2) is 73.6 Å². The molecule has 7 nitrogen and oxygen atoms in total. The molecule has 6 N–H and O–H groups in total. The molecular weight excluding hydrogens is 300 g/mol. The van der Waals surface area contributed by atoms with Gasteiger partial charge in [0.2, 0.25) is 0 Å². The number of hydrogen-bond donors (Lipinski definition) is 5. The second-order valence-electron chi connectivity index (χ2n) is 5.32. The molecular formula is C14H36N4O3Si. The molecule has 0 aliphatic rings. The molecule has 22 heavy (non-hydrogen) atoms. The van der Waals surface area contributed by atoms with E-state index in [-0.39, 0.29) is 0 Å². The smallest absolute Gasteiger partial charge is 0.390 e. The highest BCUT2D eigenvalue weighted by molar-refractivity contribution is 6.59. The molecule has 0 radical (unpaired) electrons. The summed E-state index contributed by atoms with van der Waals surface area (Å²) >= 11 is 0. The lowest BCUT2D eigenvalue weighted by Crippen LogP contribution is -2.40. The monoisotopic (exact) mass is 336 g/mol. The van der Waals surface area contributed by atoms with E-state index >= 15 is 0 Å². The maximum atomic E-state index is 9.86. The highest BCUT2D eigenvalue weighted by Gasteiger charge is 2.33. The quantitative estimate of drug-likeness (QED) is 0.180. The van der Waals surface area contributed by atoms with Crippen LogP contribution in [0.3, 0.4) is 0 Å². The molecule has 0 aromatic heterocycles. The lowest BCUT2D eigenvalue weighted by molar-refractivity contribution is 0.150. The van der Waals surface area contributed by atoms with Crippen molar-refractivity contribution in [2.45, 2.75) is 31.7 Å². The predicted molar refractivity (Wildman–Crippen MR) is 92.9 cm³/mol. The van der Waals surface area contributed by atoms with Gasteiger partial charge in [-0.15, -0.1) is 0 Å². The Labute approximate surface area is 136 Å². The van der Waals surface area contributed by atoms with Gasteiger partial charge >= 0.3 is 8.80 Å². The van der Waals surface area contributed by atoms with Crippen LogP contribution >= 0.6 is 0 Å². The zero-order chi connectivity index (χ0) is 16.5. The van der Waals surface area contributed by atoms with Crippen molar-refractivity contribution in [1.82, 2.24) is 16.0 Å². The standard InChI is InChI=1S/C14H36N4O3Si/c1-20-22(19,21-2)14-6-10-18-13-12-17-9-5-3-4-8-16-11-7-15/h16-19H,3-15H2,1-2H3. The molecule has 8 heteroatoms. The molecule has 0 aliphatic heterocycles. The van der Waals surface area contributed by atoms with Crippen molar-refractivity contribution in [2.24, 2.45) is 5.73 Å². The van der Waals surface area contributed by atoms with E-state index in [2.05, 4.69) is 16.0 Å². The fourth-order valence-corrected chi connectivity index (χ4v) is 3.25. The Morgan fingerprint density at radius 3 is 1.77 bits per heavy atom. The highest BCUT2D eigenvalue weighted by Crippen LogP contribution is 2.09. The summed E-state index contributed by atoms with van der Waals surface area (Å²) in [7, 11) is 0.135. The van der Waals surface area contributed by atoms with Crippen LogP contribution in [0.15, 0.2) is 0 Å². The Balaban J connectivity index is 3.14. The maximum Gasteiger partial charge on any atom is 0.497 e. The van der Waals surface area contributed by atoms with Crippen molar-refractivity contribution in [3.63, 3.8) is 0 Å². The van der Waals surface area contributed by atoms with Crippen molar-refractivity contribution in [3.8, 4) is 0 Å². The molecule has 0 aliphatic carbocycles. The van der Waals surface area contributed by atoms with E-state index < -0.39 is 8.80 Å². The summed E-state index contributed by atoms with van der Waals surface area (Å²) in [5, 5.41) is 10.1.